The van der Waals surface area contributed by atoms with Crippen molar-refractivity contribution in [3.63, 3.8) is 0 Å². The van der Waals surface area contributed by atoms with Crippen LogP contribution in [0, 0.1) is 6.92 Å². The number of hydrogen-bond acceptors (Lipinski definition) is 1. The molecule has 0 radical (unpaired) electrons. The minimum atomic E-state index is -0.399. The molecule has 0 aromatic heterocycles. The van der Waals surface area contributed by atoms with Gasteiger partial charge >= 0.3 is 0 Å². The Kier molecular flexibility index (Phi) is 2.68. The molecular formula is C9H11BrO. The van der Waals surface area contributed by atoms with E-state index in [1.165, 1.54) is 0 Å². The Morgan fingerprint density at radius 3 is 2.55 bits per heavy atom. The first-order chi connectivity index (χ1) is 5.13. The molecule has 0 fully saturated rings. The third-order valence-corrected chi connectivity index (χ3v) is 2.76. The van der Waals surface area contributed by atoms with E-state index in [2.05, 4.69) is 15.9 Å². The van der Waals surface area contributed by atoms with Crippen molar-refractivity contribution in [1.29, 1.82) is 0 Å². The van der Waals surface area contributed by atoms with Crippen molar-refractivity contribution >= 4 is 15.9 Å². The molecule has 0 bridgehead atoms. The van der Waals surface area contributed by atoms with E-state index in [4.69, 9.17) is 0 Å². The van der Waals surface area contributed by atoms with Crippen LogP contribution >= 0.6 is 15.9 Å². The second kappa shape index (κ2) is 3.37. The van der Waals surface area contributed by atoms with Crippen LogP contribution < -0.4 is 0 Å². The zero-order valence-corrected chi connectivity index (χ0v) is 8.22. The van der Waals surface area contributed by atoms with Crippen LogP contribution in [0.2, 0.25) is 0 Å². The van der Waals surface area contributed by atoms with E-state index in [-0.39, 0.29) is 0 Å². The van der Waals surface area contributed by atoms with Gasteiger partial charge in [-0.1, -0.05) is 34.1 Å². The molecule has 0 amide bonds. The quantitative estimate of drug-likeness (QED) is 0.763. The number of halogens is 1. The number of benzene rings is 1. The molecule has 1 atom stereocenters. The molecule has 1 N–H and O–H groups in total. The van der Waals surface area contributed by atoms with E-state index in [1.54, 1.807) is 6.92 Å². The summed E-state index contributed by atoms with van der Waals surface area (Å²) in [5.74, 6) is 0. The van der Waals surface area contributed by atoms with Crippen LogP contribution in [-0.2, 0) is 0 Å². The van der Waals surface area contributed by atoms with Gasteiger partial charge in [-0.2, -0.15) is 0 Å². The van der Waals surface area contributed by atoms with Gasteiger partial charge in [0, 0.05) is 4.47 Å². The molecule has 0 aliphatic carbocycles. The minimum absolute atomic E-state index is 0.399. The lowest BCUT2D eigenvalue weighted by molar-refractivity contribution is 0.198. The zero-order valence-electron chi connectivity index (χ0n) is 6.63. The number of rotatable bonds is 1. The van der Waals surface area contributed by atoms with Crippen LogP contribution in [0.5, 0.6) is 0 Å². The zero-order chi connectivity index (χ0) is 8.43. The lowest BCUT2D eigenvalue weighted by Crippen LogP contribution is -1.93. The van der Waals surface area contributed by atoms with Crippen LogP contribution in [0.15, 0.2) is 22.7 Å². The summed E-state index contributed by atoms with van der Waals surface area (Å²) >= 11 is 3.42. The van der Waals surface area contributed by atoms with Crippen molar-refractivity contribution in [2.75, 3.05) is 0 Å². The predicted molar refractivity (Wildman–Crippen MR) is 49.5 cm³/mol. The van der Waals surface area contributed by atoms with Gasteiger partial charge in [-0.05, 0) is 25.0 Å². The Morgan fingerprint density at radius 2 is 2.09 bits per heavy atom. The molecule has 1 rings (SSSR count). The number of aliphatic hydroxyl groups excluding tert-OH is 1. The van der Waals surface area contributed by atoms with Crippen LogP contribution in [-0.4, -0.2) is 5.11 Å². The third-order valence-electron chi connectivity index (χ3n) is 1.67. The summed E-state index contributed by atoms with van der Waals surface area (Å²) in [7, 11) is 0. The summed E-state index contributed by atoms with van der Waals surface area (Å²) in [6, 6.07) is 5.87. The Labute approximate surface area is 75.2 Å². The summed E-state index contributed by atoms with van der Waals surface area (Å²) < 4.78 is 1.01. The number of aliphatic hydroxyl groups is 1. The summed E-state index contributed by atoms with van der Waals surface area (Å²) in [5.41, 5.74) is 2.11. The molecule has 1 nitrogen and oxygen atoms in total. The molecule has 0 aliphatic heterocycles. The molecule has 0 saturated carbocycles. The SMILES string of the molecule is Cc1cccc(C(C)O)c1Br. The van der Waals surface area contributed by atoms with E-state index in [0.29, 0.717) is 0 Å². The van der Waals surface area contributed by atoms with Crippen molar-refractivity contribution in [2.24, 2.45) is 0 Å². The van der Waals surface area contributed by atoms with Gasteiger partial charge < -0.3 is 5.11 Å². The predicted octanol–water partition coefficient (Wildman–Crippen LogP) is 2.81. The first kappa shape index (κ1) is 8.75. The van der Waals surface area contributed by atoms with Crippen molar-refractivity contribution < 1.29 is 5.11 Å². The fraction of sp³-hybridized carbons (Fsp3) is 0.333. The van der Waals surface area contributed by atoms with Crippen molar-refractivity contribution in [3.8, 4) is 0 Å². The molecule has 11 heavy (non-hydrogen) atoms. The Balaban J connectivity index is 3.17. The Bertz CT molecular complexity index is 256. The van der Waals surface area contributed by atoms with E-state index in [9.17, 15) is 5.11 Å². The molecule has 0 saturated heterocycles. The maximum Gasteiger partial charge on any atom is 0.0772 e. The van der Waals surface area contributed by atoms with Gasteiger partial charge in [-0.3, -0.25) is 0 Å². The van der Waals surface area contributed by atoms with E-state index in [1.807, 2.05) is 25.1 Å². The first-order valence-corrected chi connectivity index (χ1v) is 4.35. The number of hydrogen-bond donors (Lipinski definition) is 1. The minimum Gasteiger partial charge on any atom is -0.389 e. The van der Waals surface area contributed by atoms with Crippen LogP contribution in [0.4, 0.5) is 0 Å². The second-order valence-electron chi connectivity index (χ2n) is 2.65. The average Bonchev–Trinajstić information content (AvgIpc) is 1.94. The monoisotopic (exact) mass is 214 g/mol. The highest BCUT2D eigenvalue weighted by atomic mass is 79.9. The van der Waals surface area contributed by atoms with Gasteiger partial charge in [0.15, 0.2) is 0 Å². The van der Waals surface area contributed by atoms with Crippen molar-refractivity contribution in [2.45, 2.75) is 20.0 Å². The molecule has 1 aromatic carbocycles. The molecule has 0 heterocycles. The molecule has 0 aliphatic rings. The fourth-order valence-corrected chi connectivity index (χ4v) is 1.59. The van der Waals surface area contributed by atoms with Gasteiger partial charge in [0.1, 0.15) is 0 Å². The summed E-state index contributed by atoms with van der Waals surface area (Å²) in [5, 5.41) is 9.30. The maximum atomic E-state index is 9.30. The average molecular weight is 215 g/mol. The van der Waals surface area contributed by atoms with Gasteiger partial charge in [0.2, 0.25) is 0 Å². The third kappa shape index (κ3) is 1.82. The Morgan fingerprint density at radius 1 is 1.45 bits per heavy atom. The standard InChI is InChI=1S/C9H11BrO/c1-6-4-3-5-8(7(2)11)9(6)10/h3-5,7,11H,1-2H3. The van der Waals surface area contributed by atoms with Gasteiger partial charge in [-0.15, -0.1) is 0 Å². The van der Waals surface area contributed by atoms with Gasteiger partial charge in [-0.25, -0.2) is 0 Å². The maximum absolute atomic E-state index is 9.30. The fourth-order valence-electron chi connectivity index (χ4n) is 0.993. The van der Waals surface area contributed by atoms with E-state index in [0.717, 1.165) is 15.6 Å². The highest BCUT2D eigenvalue weighted by Crippen LogP contribution is 2.25. The molecule has 0 spiro atoms. The van der Waals surface area contributed by atoms with E-state index >= 15 is 0 Å². The second-order valence-corrected chi connectivity index (χ2v) is 3.45. The topological polar surface area (TPSA) is 20.2 Å². The smallest absolute Gasteiger partial charge is 0.0772 e. The first-order valence-electron chi connectivity index (χ1n) is 3.56. The molecule has 1 unspecified atom stereocenters. The number of aryl methyl sites for hydroxylation is 1. The molecule has 60 valence electrons. The molecule has 2 heteroatoms. The van der Waals surface area contributed by atoms with Gasteiger partial charge in [0.05, 0.1) is 6.10 Å². The lowest BCUT2D eigenvalue weighted by atomic mass is 10.1. The van der Waals surface area contributed by atoms with Crippen LogP contribution in [0.1, 0.15) is 24.2 Å². The van der Waals surface area contributed by atoms with E-state index < -0.39 is 6.10 Å². The lowest BCUT2D eigenvalue weighted by Gasteiger charge is -2.08. The summed E-state index contributed by atoms with van der Waals surface area (Å²) in [6.07, 6.45) is -0.399. The normalized spacial score (nSPS) is 13.1. The van der Waals surface area contributed by atoms with Crippen LogP contribution in [0.3, 0.4) is 0 Å². The van der Waals surface area contributed by atoms with Crippen LogP contribution in [0.25, 0.3) is 0 Å². The molecule has 1 aromatic rings. The van der Waals surface area contributed by atoms with Crippen molar-refractivity contribution in [3.05, 3.63) is 33.8 Å². The van der Waals surface area contributed by atoms with Gasteiger partial charge in [0.25, 0.3) is 0 Å². The Hall–Kier alpha value is -0.340. The highest BCUT2D eigenvalue weighted by Gasteiger charge is 2.06. The summed E-state index contributed by atoms with van der Waals surface area (Å²) in [4.78, 5) is 0. The van der Waals surface area contributed by atoms with Crippen molar-refractivity contribution in [1.82, 2.24) is 0 Å². The molecular weight excluding hydrogens is 204 g/mol. The summed E-state index contributed by atoms with van der Waals surface area (Å²) in [6.45, 7) is 3.77. The largest absolute Gasteiger partial charge is 0.389 e. The highest BCUT2D eigenvalue weighted by molar-refractivity contribution is 9.10.